The average molecular weight is 330 g/mol. The van der Waals surface area contributed by atoms with Gasteiger partial charge in [0.15, 0.2) is 16.3 Å². The van der Waals surface area contributed by atoms with E-state index in [1.807, 2.05) is 6.07 Å². The molecule has 1 aromatic carbocycles. The third kappa shape index (κ3) is 7.19. The third-order valence-corrected chi connectivity index (χ3v) is 3.86. The molecule has 110 valence electrons. The lowest BCUT2D eigenvalue weighted by Gasteiger charge is -2.24. The van der Waals surface area contributed by atoms with Gasteiger partial charge in [0.05, 0.1) is 7.11 Å². The van der Waals surface area contributed by atoms with Gasteiger partial charge in [-0.2, -0.15) is 0 Å². The Hall–Kier alpha value is 0.0825. The van der Waals surface area contributed by atoms with Crippen molar-refractivity contribution in [3.8, 4) is 5.75 Å². The Morgan fingerprint density at radius 2 is 1.75 bits per heavy atom. The Bertz CT molecular complexity index is 463. The van der Waals surface area contributed by atoms with Gasteiger partial charge in [-0.25, -0.2) is 0 Å². The van der Waals surface area contributed by atoms with E-state index in [-0.39, 0.29) is 0 Å². The molecular formula is C13H20AlO4PS. The van der Waals surface area contributed by atoms with E-state index in [1.54, 1.807) is 7.11 Å². The van der Waals surface area contributed by atoms with E-state index in [0.29, 0.717) is 0 Å². The molecule has 2 radical (unpaired) electrons. The Kier molecular flexibility index (Phi) is 7.71. The topological polar surface area (TPSA) is 69.9 Å². The van der Waals surface area contributed by atoms with Crippen molar-refractivity contribution < 1.29 is 19.4 Å². The molecule has 7 heteroatoms. The van der Waals surface area contributed by atoms with Crippen LogP contribution in [0, 0.1) is 0 Å². The number of hydrogen-bond acceptors (Lipinski definition) is 2. The molecule has 1 saturated carbocycles. The second-order valence-electron chi connectivity index (χ2n) is 4.84. The van der Waals surface area contributed by atoms with Crippen molar-refractivity contribution in [1.82, 2.24) is 0 Å². The SMILES string of the molecule is COc1cc[c]([Al])c(C2CCCCC2)c1.OP(O)(O)=S. The van der Waals surface area contributed by atoms with E-state index in [1.165, 1.54) is 42.1 Å². The molecule has 3 N–H and O–H groups in total. The van der Waals surface area contributed by atoms with Gasteiger partial charge < -0.3 is 19.4 Å². The minimum Gasteiger partial charge on any atom is -0.497 e. The van der Waals surface area contributed by atoms with Crippen molar-refractivity contribution in [3.63, 3.8) is 0 Å². The molecule has 0 aliphatic heterocycles. The van der Waals surface area contributed by atoms with Crippen LogP contribution in [0.2, 0.25) is 0 Å². The number of rotatable bonds is 2. The van der Waals surface area contributed by atoms with Crippen LogP contribution in [0.15, 0.2) is 18.2 Å². The maximum Gasteiger partial charge on any atom is 0.319 e. The van der Waals surface area contributed by atoms with Crippen LogP contribution >= 0.6 is 6.72 Å². The van der Waals surface area contributed by atoms with E-state index >= 15 is 0 Å². The predicted octanol–water partition coefficient (Wildman–Crippen LogP) is 1.72. The molecule has 0 saturated heterocycles. The highest BCUT2D eigenvalue weighted by Gasteiger charge is 2.16. The summed E-state index contributed by atoms with van der Waals surface area (Å²) in [5, 5.41) is 0. The molecule has 20 heavy (non-hydrogen) atoms. The third-order valence-electron chi connectivity index (χ3n) is 3.34. The molecule has 0 spiro atoms. The summed E-state index contributed by atoms with van der Waals surface area (Å²) in [6.45, 7) is -3.81. The fourth-order valence-electron chi connectivity index (χ4n) is 2.45. The van der Waals surface area contributed by atoms with Crippen molar-refractivity contribution in [2.24, 2.45) is 0 Å². The number of hydrogen-bond donors (Lipinski definition) is 3. The molecule has 0 aromatic heterocycles. The molecule has 0 heterocycles. The van der Waals surface area contributed by atoms with Crippen molar-refractivity contribution >= 4 is 39.2 Å². The van der Waals surface area contributed by atoms with Crippen LogP contribution in [0.1, 0.15) is 43.6 Å². The Balaban J connectivity index is 0.000000347. The fraction of sp³-hybridized carbons (Fsp3) is 0.538. The summed E-state index contributed by atoms with van der Waals surface area (Å²) in [6, 6.07) is 6.39. The Labute approximate surface area is 133 Å². The van der Waals surface area contributed by atoms with E-state index in [9.17, 15) is 0 Å². The summed E-state index contributed by atoms with van der Waals surface area (Å²) >= 11 is 6.45. The van der Waals surface area contributed by atoms with E-state index in [4.69, 9.17) is 19.4 Å². The lowest BCUT2D eigenvalue weighted by molar-refractivity contribution is 0.363. The molecule has 1 aromatic rings. The maximum atomic E-state index is 7.56. The van der Waals surface area contributed by atoms with Crippen LogP contribution in [0.25, 0.3) is 0 Å². The largest absolute Gasteiger partial charge is 0.497 e. The maximum absolute atomic E-state index is 7.56. The number of ether oxygens (including phenoxy) is 1. The number of methoxy groups -OCH3 is 1. The first kappa shape index (κ1) is 18.1. The van der Waals surface area contributed by atoms with Gasteiger partial charge in [0, 0.05) is 0 Å². The van der Waals surface area contributed by atoms with Gasteiger partial charge in [-0.3, -0.25) is 0 Å². The van der Waals surface area contributed by atoms with Crippen LogP contribution in [0.5, 0.6) is 5.75 Å². The predicted molar refractivity (Wildman–Crippen MR) is 85.1 cm³/mol. The molecular weight excluding hydrogens is 310 g/mol. The summed E-state index contributed by atoms with van der Waals surface area (Å²) in [7, 11) is 1.74. The summed E-state index contributed by atoms with van der Waals surface area (Å²) in [5.41, 5.74) is 1.47. The zero-order valence-corrected chi connectivity index (χ0v) is 14.4. The molecule has 1 aliphatic carbocycles. The van der Waals surface area contributed by atoms with E-state index < -0.39 is 6.72 Å². The van der Waals surface area contributed by atoms with Crippen LogP contribution in [-0.4, -0.2) is 38.1 Å². The molecule has 0 amide bonds. The lowest BCUT2D eigenvalue weighted by atomic mass is 9.84. The van der Waals surface area contributed by atoms with Gasteiger partial charge in [0.1, 0.15) is 5.75 Å². The smallest absolute Gasteiger partial charge is 0.319 e. The first-order valence-corrected chi connectivity index (χ1v) is 9.76. The molecule has 0 unspecified atom stereocenters. The molecule has 1 aliphatic rings. The monoisotopic (exact) mass is 330 g/mol. The van der Waals surface area contributed by atoms with Crippen molar-refractivity contribution in [3.05, 3.63) is 23.8 Å². The molecule has 0 atom stereocenters. The molecule has 4 nitrogen and oxygen atoms in total. The summed E-state index contributed by atoms with van der Waals surface area (Å²) < 4.78 is 6.63. The molecule has 1 fully saturated rings. The molecule has 2 rings (SSSR count). The first-order chi connectivity index (χ1) is 9.31. The minimum atomic E-state index is -3.81. The van der Waals surface area contributed by atoms with Crippen LogP contribution in [0.3, 0.4) is 0 Å². The van der Waals surface area contributed by atoms with Gasteiger partial charge in [-0.15, -0.1) is 4.43 Å². The van der Waals surface area contributed by atoms with E-state index in [0.717, 1.165) is 11.7 Å². The van der Waals surface area contributed by atoms with Gasteiger partial charge in [-0.1, -0.05) is 30.9 Å². The van der Waals surface area contributed by atoms with Gasteiger partial charge >= 0.3 is 6.72 Å². The van der Waals surface area contributed by atoms with E-state index in [2.05, 4.69) is 40.2 Å². The highest BCUT2D eigenvalue weighted by Crippen LogP contribution is 2.32. The first-order valence-electron chi connectivity index (χ1n) is 6.53. The minimum absolute atomic E-state index is 0.751. The zero-order valence-electron chi connectivity index (χ0n) is 11.5. The molecule has 0 bridgehead atoms. The van der Waals surface area contributed by atoms with Crippen molar-refractivity contribution in [1.29, 1.82) is 0 Å². The van der Waals surface area contributed by atoms with Crippen molar-refractivity contribution in [2.45, 2.75) is 38.0 Å². The highest BCUT2D eigenvalue weighted by atomic mass is 32.5. The summed E-state index contributed by atoms with van der Waals surface area (Å²) in [5.74, 6) is 1.74. The highest BCUT2D eigenvalue weighted by molar-refractivity contribution is 8.06. The number of benzene rings is 1. The summed E-state index contributed by atoms with van der Waals surface area (Å²) in [4.78, 5) is 22.7. The summed E-state index contributed by atoms with van der Waals surface area (Å²) in [6.07, 6.45) is 6.85. The van der Waals surface area contributed by atoms with Crippen molar-refractivity contribution in [2.75, 3.05) is 7.11 Å². The Morgan fingerprint density at radius 1 is 1.20 bits per heavy atom. The standard InChI is InChI=1S/C13H17O.Al.H3O3PS/c1-14-13-9-5-8-12(10-13)11-6-3-2-4-7-11;;1-4(2,3)5/h5,9-11H,2-4,6-7H2,1H3;;(H3,1,2,3,5). The average Bonchev–Trinajstić information content (AvgIpc) is 2.38. The lowest BCUT2D eigenvalue weighted by Crippen LogP contribution is -2.16. The van der Waals surface area contributed by atoms with Crippen LogP contribution < -0.4 is 9.16 Å². The van der Waals surface area contributed by atoms with Crippen LogP contribution in [-0.2, 0) is 11.8 Å². The van der Waals surface area contributed by atoms with Gasteiger partial charge in [-0.05, 0) is 42.7 Å². The second-order valence-corrected chi connectivity index (χ2v) is 7.96. The van der Waals surface area contributed by atoms with Gasteiger partial charge in [0.25, 0.3) is 0 Å². The second kappa shape index (κ2) is 8.51. The van der Waals surface area contributed by atoms with Crippen LogP contribution in [0.4, 0.5) is 0 Å². The quantitative estimate of drug-likeness (QED) is 0.569. The fourth-order valence-corrected chi connectivity index (χ4v) is 2.86. The Morgan fingerprint density at radius 3 is 2.25 bits per heavy atom. The zero-order chi connectivity index (χ0) is 15.2. The van der Waals surface area contributed by atoms with Gasteiger partial charge in [0.2, 0.25) is 0 Å². The normalized spacial score (nSPS) is 16.2.